The van der Waals surface area contributed by atoms with E-state index in [0.29, 0.717) is 17.9 Å². The molecule has 1 aromatic carbocycles. The standard InChI is InChI=1S/C20H24N4O5/c1-29-16-9-11(7-8-15(16)25)13-10-14(23-22-13)17-18(26)21-20(28)24(19(17)27)12-5-3-2-4-6-12/h7-9,12-13,22,25,27H,2-6,10H2,1H3,(H,21,26,28)/t13-/m1/s1. The molecule has 9 nitrogen and oxygen atoms in total. The molecule has 0 amide bonds. The minimum atomic E-state index is -0.649. The molecular weight excluding hydrogens is 376 g/mol. The normalized spacial score (nSPS) is 19.6. The molecule has 2 heterocycles. The predicted molar refractivity (Wildman–Crippen MR) is 107 cm³/mol. The third-order valence-electron chi connectivity index (χ3n) is 5.71. The van der Waals surface area contributed by atoms with Crippen LogP contribution in [0.15, 0.2) is 32.9 Å². The summed E-state index contributed by atoms with van der Waals surface area (Å²) < 4.78 is 6.44. The van der Waals surface area contributed by atoms with Crippen molar-refractivity contribution < 1.29 is 14.9 Å². The van der Waals surface area contributed by atoms with Crippen LogP contribution < -0.4 is 21.4 Å². The number of nitrogens with zero attached hydrogens (tertiary/aromatic N) is 2. The van der Waals surface area contributed by atoms with Crippen molar-refractivity contribution in [3.05, 3.63) is 50.2 Å². The fraction of sp³-hybridized carbons (Fsp3) is 0.450. The number of H-pyrrole nitrogens is 1. The van der Waals surface area contributed by atoms with Gasteiger partial charge in [0, 0.05) is 12.5 Å². The highest BCUT2D eigenvalue weighted by molar-refractivity contribution is 6.03. The number of aromatic hydroxyl groups is 2. The number of methoxy groups -OCH3 is 1. The number of benzene rings is 1. The molecule has 4 N–H and O–H groups in total. The first kappa shape index (κ1) is 19.1. The van der Waals surface area contributed by atoms with Crippen molar-refractivity contribution in [3.8, 4) is 17.4 Å². The van der Waals surface area contributed by atoms with E-state index in [1.54, 1.807) is 12.1 Å². The van der Waals surface area contributed by atoms with E-state index < -0.39 is 11.2 Å². The molecule has 0 saturated heterocycles. The van der Waals surface area contributed by atoms with Crippen LogP contribution >= 0.6 is 0 Å². The molecule has 1 saturated carbocycles. The Kier molecular flexibility index (Phi) is 5.04. The summed E-state index contributed by atoms with van der Waals surface area (Å²) in [5, 5.41) is 24.8. The summed E-state index contributed by atoms with van der Waals surface area (Å²) in [5.74, 6) is 0.0449. The molecule has 4 rings (SSSR count). The Morgan fingerprint density at radius 3 is 2.66 bits per heavy atom. The average molecular weight is 400 g/mol. The van der Waals surface area contributed by atoms with Crippen LogP contribution in [0, 0.1) is 0 Å². The molecule has 1 atom stereocenters. The van der Waals surface area contributed by atoms with Gasteiger partial charge < -0.3 is 20.4 Å². The Morgan fingerprint density at radius 2 is 1.93 bits per heavy atom. The molecule has 1 aliphatic heterocycles. The summed E-state index contributed by atoms with van der Waals surface area (Å²) in [6.07, 6.45) is 5.00. The summed E-state index contributed by atoms with van der Waals surface area (Å²) in [6.45, 7) is 0. The van der Waals surface area contributed by atoms with E-state index in [1.807, 2.05) is 0 Å². The Hall–Kier alpha value is -3.23. The second kappa shape index (κ2) is 7.65. The van der Waals surface area contributed by atoms with Crippen LogP contribution in [0.25, 0.3) is 0 Å². The van der Waals surface area contributed by atoms with E-state index in [9.17, 15) is 19.8 Å². The molecule has 1 fully saturated rings. The molecule has 1 aliphatic carbocycles. The maximum Gasteiger partial charge on any atom is 0.331 e. The Labute approximate surface area is 166 Å². The molecule has 154 valence electrons. The van der Waals surface area contributed by atoms with Gasteiger partial charge in [-0.15, -0.1) is 0 Å². The van der Waals surface area contributed by atoms with Gasteiger partial charge in [0.05, 0.1) is 18.9 Å². The van der Waals surface area contributed by atoms with Gasteiger partial charge >= 0.3 is 5.69 Å². The highest BCUT2D eigenvalue weighted by atomic mass is 16.5. The van der Waals surface area contributed by atoms with Crippen molar-refractivity contribution in [2.75, 3.05) is 7.11 Å². The number of rotatable bonds is 4. The van der Waals surface area contributed by atoms with Gasteiger partial charge in [0.1, 0.15) is 5.56 Å². The number of aromatic amines is 1. The lowest BCUT2D eigenvalue weighted by atomic mass is 9.95. The van der Waals surface area contributed by atoms with Crippen molar-refractivity contribution in [2.24, 2.45) is 5.10 Å². The fourth-order valence-corrected chi connectivity index (χ4v) is 4.18. The van der Waals surface area contributed by atoms with E-state index in [-0.39, 0.29) is 29.3 Å². The lowest BCUT2D eigenvalue weighted by Crippen LogP contribution is -2.36. The zero-order valence-electron chi connectivity index (χ0n) is 16.1. The van der Waals surface area contributed by atoms with Crippen molar-refractivity contribution in [1.82, 2.24) is 15.0 Å². The monoisotopic (exact) mass is 400 g/mol. The Morgan fingerprint density at radius 1 is 1.17 bits per heavy atom. The van der Waals surface area contributed by atoms with Crippen LogP contribution in [0.3, 0.4) is 0 Å². The van der Waals surface area contributed by atoms with Crippen molar-refractivity contribution in [1.29, 1.82) is 0 Å². The molecule has 0 bridgehead atoms. The average Bonchev–Trinajstić information content (AvgIpc) is 3.18. The Bertz CT molecular complexity index is 1070. The number of nitrogens with one attached hydrogen (secondary N) is 2. The number of phenols is 1. The van der Waals surface area contributed by atoms with Crippen molar-refractivity contribution in [3.63, 3.8) is 0 Å². The maximum absolute atomic E-state index is 12.5. The topological polar surface area (TPSA) is 129 Å². The molecule has 29 heavy (non-hydrogen) atoms. The molecule has 9 heteroatoms. The van der Waals surface area contributed by atoms with Crippen molar-refractivity contribution in [2.45, 2.75) is 50.6 Å². The largest absolute Gasteiger partial charge is 0.504 e. The van der Waals surface area contributed by atoms with Gasteiger partial charge in [0.15, 0.2) is 11.5 Å². The molecular formula is C20H24N4O5. The number of aromatic nitrogens is 2. The van der Waals surface area contributed by atoms with Gasteiger partial charge in [-0.2, -0.15) is 5.10 Å². The van der Waals surface area contributed by atoms with Crippen LogP contribution in [0.5, 0.6) is 17.4 Å². The number of phenolic OH excluding ortho intramolecular Hbond substituents is 1. The van der Waals surface area contributed by atoms with Crippen LogP contribution in [-0.2, 0) is 0 Å². The predicted octanol–water partition coefficient (Wildman–Crippen LogP) is 1.90. The lowest BCUT2D eigenvalue weighted by molar-refractivity contribution is 0.298. The zero-order valence-corrected chi connectivity index (χ0v) is 16.1. The van der Waals surface area contributed by atoms with E-state index in [1.165, 1.54) is 17.7 Å². The third-order valence-corrected chi connectivity index (χ3v) is 5.71. The van der Waals surface area contributed by atoms with Gasteiger partial charge in [-0.3, -0.25) is 14.3 Å². The quantitative estimate of drug-likeness (QED) is 0.620. The van der Waals surface area contributed by atoms with Crippen LogP contribution in [-0.4, -0.2) is 32.6 Å². The van der Waals surface area contributed by atoms with Crippen LogP contribution in [0.2, 0.25) is 0 Å². The van der Waals surface area contributed by atoms with Gasteiger partial charge in [-0.05, 0) is 30.5 Å². The number of hydrogen-bond acceptors (Lipinski definition) is 7. The molecule has 2 aromatic rings. The number of ether oxygens (including phenoxy) is 1. The van der Waals surface area contributed by atoms with E-state index in [2.05, 4.69) is 15.5 Å². The molecule has 0 unspecified atom stereocenters. The number of hydrazone groups is 1. The first-order valence-electron chi connectivity index (χ1n) is 9.76. The number of hydrogen-bond donors (Lipinski definition) is 4. The van der Waals surface area contributed by atoms with E-state index >= 15 is 0 Å². The summed E-state index contributed by atoms with van der Waals surface area (Å²) in [5.41, 5.74) is 2.94. The van der Waals surface area contributed by atoms with E-state index in [0.717, 1.165) is 37.7 Å². The first-order valence-corrected chi connectivity index (χ1v) is 9.76. The lowest BCUT2D eigenvalue weighted by Gasteiger charge is -2.25. The second-order valence-electron chi connectivity index (χ2n) is 7.50. The fourth-order valence-electron chi connectivity index (χ4n) is 4.18. The Balaban J connectivity index is 1.66. The first-order chi connectivity index (χ1) is 14.0. The summed E-state index contributed by atoms with van der Waals surface area (Å²) in [6, 6.07) is 4.58. The summed E-state index contributed by atoms with van der Waals surface area (Å²) in [4.78, 5) is 27.2. The minimum Gasteiger partial charge on any atom is -0.504 e. The van der Waals surface area contributed by atoms with E-state index in [4.69, 9.17) is 4.74 Å². The smallest absolute Gasteiger partial charge is 0.331 e. The molecule has 2 aliphatic rings. The molecule has 0 spiro atoms. The van der Waals surface area contributed by atoms with Gasteiger partial charge in [0.25, 0.3) is 5.56 Å². The van der Waals surface area contributed by atoms with Crippen molar-refractivity contribution >= 4 is 5.71 Å². The third kappa shape index (κ3) is 3.48. The van der Waals surface area contributed by atoms with Crippen LogP contribution in [0.4, 0.5) is 0 Å². The SMILES string of the molecule is COc1cc([C@H]2CC(c3c(O)n(C4CCCCC4)c(=O)[nH]c3=O)=NN2)ccc1O. The second-order valence-corrected chi connectivity index (χ2v) is 7.50. The summed E-state index contributed by atoms with van der Waals surface area (Å²) >= 11 is 0. The molecule has 1 aromatic heterocycles. The minimum absolute atomic E-state index is 0.0240. The molecule has 0 radical (unpaired) electrons. The zero-order chi connectivity index (χ0) is 20.5. The highest BCUT2D eigenvalue weighted by Crippen LogP contribution is 2.34. The van der Waals surface area contributed by atoms with Crippen LogP contribution in [0.1, 0.15) is 61.7 Å². The highest BCUT2D eigenvalue weighted by Gasteiger charge is 2.29. The summed E-state index contributed by atoms with van der Waals surface area (Å²) in [7, 11) is 1.47. The van der Waals surface area contributed by atoms with Gasteiger partial charge in [-0.1, -0.05) is 25.3 Å². The van der Waals surface area contributed by atoms with Gasteiger partial charge in [0.2, 0.25) is 5.88 Å². The maximum atomic E-state index is 12.5. The van der Waals surface area contributed by atoms with Gasteiger partial charge in [-0.25, -0.2) is 4.79 Å².